The molecule has 5 nitrogen and oxygen atoms in total. The highest BCUT2D eigenvalue weighted by Gasteiger charge is 2.51. The number of carboxylic acid groups (broad SMARTS) is 1. The quantitative estimate of drug-likeness (QED) is 0.838. The molecule has 1 aliphatic carbocycles. The van der Waals surface area contributed by atoms with E-state index in [-0.39, 0.29) is 5.91 Å². The lowest BCUT2D eigenvalue weighted by molar-refractivity contribution is -0.120. The summed E-state index contributed by atoms with van der Waals surface area (Å²) in [6, 6.07) is 5.45. The number of hydrogen-bond donors (Lipinski definition) is 2. The zero-order valence-corrected chi connectivity index (χ0v) is 11.2. The first-order chi connectivity index (χ1) is 9.60. The fraction of sp³-hybridized carbons (Fsp3) is 0.214. The van der Waals surface area contributed by atoms with Gasteiger partial charge in [-0.15, -0.1) is 11.3 Å². The zero-order valence-electron chi connectivity index (χ0n) is 10.3. The van der Waals surface area contributed by atoms with Crippen LogP contribution in [0.2, 0.25) is 0 Å². The SMILES string of the molecule is O=C(O)c1cc2c(s1)CC1(C2)C(=O)Nc2ncccc21. The van der Waals surface area contributed by atoms with E-state index in [0.717, 1.165) is 16.0 Å². The third-order valence-electron chi connectivity index (χ3n) is 4.05. The Hall–Kier alpha value is -2.21. The molecule has 2 aliphatic rings. The Morgan fingerprint density at radius 3 is 3.05 bits per heavy atom. The van der Waals surface area contributed by atoms with Gasteiger partial charge in [0.1, 0.15) is 10.7 Å². The van der Waals surface area contributed by atoms with E-state index < -0.39 is 11.4 Å². The van der Waals surface area contributed by atoms with E-state index in [2.05, 4.69) is 10.3 Å². The number of hydrogen-bond acceptors (Lipinski definition) is 4. The Morgan fingerprint density at radius 1 is 1.45 bits per heavy atom. The van der Waals surface area contributed by atoms with Gasteiger partial charge in [0, 0.05) is 23.1 Å². The topological polar surface area (TPSA) is 79.3 Å². The third-order valence-corrected chi connectivity index (χ3v) is 5.22. The van der Waals surface area contributed by atoms with Gasteiger partial charge in [-0.2, -0.15) is 0 Å². The molecule has 0 saturated carbocycles. The Bertz CT molecular complexity index is 742. The van der Waals surface area contributed by atoms with Crippen molar-refractivity contribution in [1.29, 1.82) is 0 Å². The van der Waals surface area contributed by atoms with Crippen molar-refractivity contribution in [3.63, 3.8) is 0 Å². The van der Waals surface area contributed by atoms with Gasteiger partial charge in [0.05, 0.1) is 5.41 Å². The molecule has 0 fully saturated rings. The van der Waals surface area contributed by atoms with E-state index >= 15 is 0 Å². The van der Waals surface area contributed by atoms with Crippen molar-refractivity contribution in [2.24, 2.45) is 0 Å². The minimum Gasteiger partial charge on any atom is -0.477 e. The second-order valence-corrected chi connectivity index (χ2v) is 6.29. The molecule has 1 unspecified atom stereocenters. The molecular weight excluding hydrogens is 276 g/mol. The summed E-state index contributed by atoms with van der Waals surface area (Å²) in [5.41, 5.74) is 1.30. The number of fused-ring (bicyclic) bond motifs is 3. The van der Waals surface area contributed by atoms with Crippen molar-refractivity contribution in [2.75, 3.05) is 5.32 Å². The van der Waals surface area contributed by atoms with Crippen molar-refractivity contribution in [3.05, 3.63) is 45.3 Å². The van der Waals surface area contributed by atoms with E-state index in [9.17, 15) is 9.59 Å². The summed E-state index contributed by atoms with van der Waals surface area (Å²) in [4.78, 5) is 28.9. The van der Waals surface area contributed by atoms with Gasteiger partial charge in [-0.25, -0.2) is 9.78 Å². The lowest BCUT2D eigenvalue weighted by atomic mass is 9.80. The van der Waals surface area contributed by atoms with Crippen LogP contribution in [0.25, 0.3) is 0 Å². The van der Waals surface area contributed by atoms with Crippen LogP contribution in [0.15, 0.2) is 24.4 Å². The Balaban J connectivity index is 1.80. The molecule has 0 saturated heterocycles. The predicted octanol–water partition coefficient (Wildman–Crippen LogP) is 1.83. The van der Waals surface area contributed by atoms with Gasteiger partial charge in [0.25, 0.3) is 0 Å². The number of anilines is 1. The summed E-state index contributed by atoms with van der Waals surface area (Å²) in [6.07, 6.45) is 2.77. The standard InChI is InChI=1S/C14H10N2O3S/c17-12(18)9-4-7-5-14(6-10(7)20-9)8-2-1-3-15-11(8)16-13(14)19/h1-4H,5-6H2,(H,17,18)(H,15,16,19). The number of nitrogens with one attached hydrogen (secondary N) is 1. The van der Waals surface area contributed by atoms with E-state index in [1.165, 1.54) is 11.3 Å². The number of carbonyl (C=O) groups is 2. The predicted molar refractivity (Wildman–Crippen MR) is 73.2 cm³/mol. The molecule has 4 rings (SSSR count). The average Bonchev–Trinajstić information content (AvgIpc) is 3.02. The van der Waals surface area contributed by atoms with Gasteiger partial charge in [-0.1, -0.05) is 6.07 Å². The summed E-state index contributed by atoms with van der Waals surface area (Å²) in [6.45, 7) is 0. The molecule has 0 aromatic carbocycles. The molecule has 0 radical (unpaired) electrons. The third kappa shape index (κ3) is 1.34. The minimum absolute atomic E-state index is 0.0357. The second-order valence-electron chi connectivity index (χ2n) is 5.15. The molecule has 2 aromatic rings. The van der Waals surface area contributed by atoms with Crippen molar-refractivity contribution < 1.29 is 14.7 Å². The van der Waals surface area contributed by atoms with Crippen LogP contribution in [0.3, 0.4) is 0 Å². The Labute approximate surface area is 118 Å². The summed E-state index contributed by atoms with van der Waals surface area (Å²) in [5.74, 6) is -0.311. The van der Waals surface area contributed by atoms with E-state index in [1.807, 2.05) is 12.1 Å². The highest BCUT2D eigenvalue weighted by molar-refractivity contribution is 7.14. The van der Waals surface area contributed by atoms with Crippen molar-refractivity contribution in [1.82, 2.24) is 4.98 Å². The number of thiophene rings is 1. The monoisotopic (exact) mass is 286 g/mol. The fourth-order valence-electron chi connectivity index (χ4n) is 3.12. The summed E-state index contributed by atoms with van der Waals surface area (Å²) in [5, 5.41) is 11.9. The maximum absolute atomic E-state index is 12.4. The molecule has 0 bridgehead atoms. The van der Waals surface area contributed by atoms with Crippen LogP contribution < -0.4 is 5.32 Å². The summed E-state index contributed by atoms with van der Waals surface area (Å²) < 4.78 is 0. The molecule has 2 N–H and O–H groups in total. The highest BCUT2D eigenvalue weighted by Crippen LogP contribution is 2.48. The largest absolute Gasteiger partial charge is 0.477 e. The number of carboxylic acids is 1. The summed E-state index contributed by atoms with van der Waals surface area (Å²) >= 11 is 1.27. The lowest BCUT2D eigenvalue weighted by Crippen LogP contribution is -2.35. The normalized spacial score (nSPS) is 22.7. The molecular formula is C14H10N2O3S. The number of aromatic nitrogens is 1. The molecule has 6 heteroatoms. The van der Waals surface area contributed by atoms with E-state index in [1.54, 1.807) is 12.3 Å². The fourth-order valence-corrected chi connectivity index (χ4v) is 4.26. The van der Waals surface area contributed by atoms with Crippen LogP contribution in [0.1, 0.15) is 25.7 Å². The second kappa shape index (κ2) is 3.67. The highest BCUT2D eigenvalue weighted by atomic mass is 32.1. The lowest BCUT2D eigenvalue weighted by Gasteiger charge is -2.20. The zero-order chi connectivity index (χ0) is 13.9. The van der Waals surface area contributed by atoms with Gasteiger partial charge in [-0.05, 0) is 24.1 Å². The van der Waals surface area contributed by atoms with Crippen LogP contribution in [0, 0.1) is 0 Å². The number of pyridine rings is 1. The molecule has 20 heavy (non-hydrogen) atoms. The van der Waals surface area contributed by atoms with Gasteiger partial charge < -0.3 is 10.4 Å². The van der Waals surface area contributed by atoms with Crippen molar-refractivity contribution >= 4 is 29.0 Å². The molecule has 1 amide bonds. The summed E-state index contributed by atoms with van der Waals surface area (Å²) in [7, 11) is 0. The minimum atomic E-state index is -0.906. The van der Waals surface area contributed by atoms with Crippen LogP contribution in [-0.2, 0) is 23.1 Å². The first-order valence-corrected chi connectivity index (χ1v) is 7.04. The number of nitrogens with zero attached hydrogens (tertiary/aromatic N) is 1. The van der Waals surface area contributed by atoms with Gasteiger partial charge in [0.15, 0.2) is 0 Å². The van der Waals surface area contributed by atoms with Crippen LogP contribution >= 0.6 is 11.3 Å². The van der Waals surface area contributed by atoms with Gasteiger partial charge in [0.2, 0.25) is 5.91 Å². The Kier molecular flexibility index (Phi) is 2.13. The maximum atomic E-state index is 12.4. The van der Waals surface area contributed by atoms with Crippen LogP contribution in [0.4, 0.5) is 5.82 Å². The van der Waals surface area contributed by atoms with E-state index in [0.29, 0.717) is 23.5 Å². The smallest absolute Gasteiger partial charge is 0.345 e. The number of amides is 1. The van der Waals surface area contributed by atoms with E-state index in [4.69, 9.17) is 5.11 Å². The first kappa shape index (κ1) is 11.6. The van der Waals surface area contributed by atoms with Crippen molar-refractivity contribution in [2.45, 2.75) is 18.3 Å². The molecule has 1 atom stereocenters. The average molecular weight is 286 g/mol. The molecule has 1 aliphatic heterocycles. The van der Waals surface area contributed by atoms with Crippen molar-refractivity contribution in [3.8, 4) is 0 Å². The molecule has 3 heterocycles. The maximum Gasteiger partial charge on any atom is 0.345 e. The number of aromatic carboxylic acids is 1. The molecule has 100 valence electrons. The van der Waals surface area contributed by atoms with Crippen LogP contribution in [-0.4, -0.2) is 22.0 Å². The number of rotatable bonds is 1. The first-order valence-electron chi connectivity index (χ1n) is 6.22. The number of carbonyl (C=O) groups excluding carboxylic acids is 1. The molecule has 2 aromatic heterocycles. The molecule has 1 spiro atoms. The van der Waals surface area contributed by atoms with Crippen LogP contribution in [0.5, 0.6) is 0 Å². The van der Waals surface area contributed by atoms with Gasteiger partial charge in [-0.3, -0.25) is 4.79 Å². The van der Waals surface area contributed by atoms with Gasteiger partial charge >= 0.3 is 5.97 Å². The Morgan fingerprint density at radius 2 is 2.30 bits per heavy atom.